The zero-order chi connectivity index (χ0) is 15.4. The third-order valence-electron chi connectivity index (χ3n) is 3.94. The minimum atomic E-state index is 0.274. The van der Waals surface area contributed by atoms with E-state index >= 15 is 0 Å². The number of nitrogens with zero attached hydrogens (tertiary/aromatic N) is 2. The van der Waals surface area contributed by atoms with E-state index in [0.717, 1.165) is 24.4 Å². The van der Waals surface area contributed by atoms with E-state index in [4.69, 9.17) is 4.74 Å². The molecule has 4 nitrogen and oxygen atoms in total. The fraction of sp³-hybridized carbons (Fsp3) is 0.471. The first-order valence-electron chi connectivity index (χ1n) is 7.43. The van der Waals surface area contributed by atoms with Crippen LogP contribution in [0.5, 0.6) is 5.75 Å². The molecule has 0 aliphatic carbocycles. The van der Waals surface area contributed by atoms with E-state index in [9.17, 15) is 0 Å². The Bertz CT molecular complexity index is 604. The first kappa shape index (κ1) is 15.6. The average Bonchev–Trinajstić information content (AvgIpc) is 2.72. The third-order valence-corrected chi connectivity index (χ3v) is 3.94. The second-order valence-corrected chi connectivity index (χ2v) is 5.37. The van der Waals surface area contributed by atoms with Crippen molar-refractivity contribution in [2.24, 2.45) is 7.05 Å². The lowest BCUT2D eigenvalue weighted by molar-refractivity contribution is 0.414. The molecule has 1 aromatic heterocycles. The Kier molecular flexibility index (Phi) is 5.02. The van der Waals surface area contributed by atoms with Crippen molar-refractivity contribution >= 4 is 0 Å². The van der Waals surface area contributed by atoms with E-state index in [0.29, 0.717) is 0 Å². The molecule has 4 heteroatoms. The lowest BCUT2D eigenvalue weighted by atomic mass is 9.97. The Morgan fingerprint density at radius 1 is 1.33 bits per heavy atom. The molecule has 2 rings (SSSR count). The first-order valence-corrected chi connectivity index (χ1v) is 7.43. The minimum absolute atomic E-state index is 0.274. The zero-order valence-corrected chi connectivity index (χ0v) is 13.6. The zero-order valence-electron chi connectivity index (χ0n) is 13.6. The van der Waals surface area contributed by atoms with Crippen molar-refractivity contribution < 1.29 is 4.74 Å². The van der Waals surface area contributed by atoms with Crippen LogP contribution in [-0.4, -0.2) is 23.4 Å². The standard InChI is InChI=1S/C17H25N3O/c1-6-18-16(17-12(2)19-20(4)13(17)3)11-14-8-7-9-15(10-14)21-5/h7-10,16,18H,6,11H2,1-5H3. The topological polar surface area (TPSA) is 39.1 Å². The number of ether oxygens (including phenoxy) is 1. The molecule has 21 heavy (non-hydrogen) atoms. The van der Waals surface area contributed by atoms with Gasteiger partial charge in [-0.1, -0.05) is 19.1 Å². The molecular formula is C17H25N3O. The minimum Gasteiger partial charge on any atom is -0.497 e. The molecule has 1 N–H and O–H groups in total. The number of hydrogen-bond acceptors (Lipinski definition) is 3. The van der Waals surface area contributed by atoms with Gasteiger partial charge in [-0.25, -0.2) is 0 Å². The number of hydrogen-bond donors (Lipinski definition) is 1. The van der Waals surface area contributed by atoms with Gasteiger partial charge in [0.25, 0.3) is 0 Å². The predicted octanol–water partition coefficient (Wildman–Crippen LogP) is 2.94. The van der Waals surface area contributed by atoms with Crippen LogP contribution in [0.1, 0.15) is 35.5 Å². The lowest BCUT2D eigenvalue weighted by Crippen LogP contribution is -2.24. The van der Waals surface area contributed by atoms with Crippen LogP contribution < -0.4 is 10.1 Å². The molecule has 1 unspecified atom stereocenters. The molecule has 0 saturated heterocycles. The molecule has 114 valence electrons. The van der Waals surface area contributed by atoms with Crippen molar-refractivity contribution in [3.63, 3.8) is 0 Å². The van der Waals surface area contributed by atoms with Crippen molar-refractivity contribution in [3.8, 4) is 5.75 Å². The fourth-order valence-electron chi connectivity index (χ4n) is 2.85. The summed E-state index contributed by atoms with van der Waals surface area (Å²) in [5, 5.41) is 8.13. The van der Waals surface area contributed by atoms with Crippen LogP contribution in [0.4, 0.5) is 0 Å². The average molecular weight is 287 g/mol. The highest BCUT2D eigenvalue weighted by atomic mass is 16.5. The van der Waals surface area contributed by atoms with Crippen LogP contribution in [0.3, 0.4) is 0 Å². The fourth-order valence-corrected chi connectivity index (χ4v) is 2.85. The van der Waals surface area contributed by atoms with E-state index in [1.165, 1.54) is 16.8 Å². The molecular weight excluding hydrogens is 262 g/mol. The molecule has 0 radical (unpaired) electrons. The van der Waals surface area contributed by atoms with Crippen LogP contribution in [0.2, 0.25) is 0 Å². The van der Waals surface area contributed by atoms with E-state index in [1.54, 1.807) is 7.11 Å². The van der Waals surface area contributed by atoms with Gasteiger partial charge in [0.1, 0.15) is 5.75 Å². The summed E-state index contributed by atoms with van der Waals surface area (Å²) in [4.78, 5) is 0. The summed E-state index contributed by atoms with van der Waals surface area (Å²) in [6, 6.07) is 8.54. The number of aryl methyl sites for hydroxylation is 2. The SMILES string of the molecule is CCNC(Cc1cccc(OC)c1)c1c(C)nn(C)c1C. The van der Waals surface area contributed by atoms with Gasteiger partial charge in [0.05, 0.1) is 12.8 Å². The second-order valence-electron chi connectivity index (χ2n) is 5.37. The van der Waals surface area contributed by atoms with E-state index in [2.05, 4.69) is 43.3 Å². The molecule has 0 amide bonds. The lowest BCUT2D eigenvalue weighted by Gasteiger charge is -2.19. The number of rotatable bonds is 6. The molecule has 0 aliphatic heterocycles. The van der Waals surface area contributed by atoms with Crippen molar-refractivity contribution in [1.82, 2.24) is 15.1 Å². The summed E-state index contributed by atoms with van der Waals surface area (Å²) in [5.41, 5.74) is 4.90. The highest BCUT2D eigenvalue weighted by Crippen LogP contribution is 2.25. The molecule has 1 heterocycles. The highest BCUT2D eigenvalue weighted by Gasteiger charge is 2.20. The quantitative estimate of drug-likeness (QED) is 0.888. The number of aromatic nitrogens is 2. The van der Waals surface area contributed by atoms with Gasteiger partial charge >= 0.3 is 0 Å². The van der Waals surface area contributed by atoms with Crippen molar-refractivity contribution in [1.29, 1.82) is 0 Å². The molecule has 0 saturated carbocycles. The van der Waals surface area contributed by atoms with Gasteiger partial charge in [-0.3, -0.25) is 4.68 Å². The summed E-state index contributed by atoms with van der Waals surface area (Å²) in [5.74, 6) is 0.905. The van der Waals surface area contributed by atoms with Crippen LogP contribution in [0, 0.1) is 13.8 Å². The van der Waals surface area contributed by atoms with Crippen LogP contribution >= 0.6 is 0 Å². The number of likely N-dealkylation sites (N-methyl/N-ethyl adjacent to an activating group) is 1. The van der Waals surface area contributed by atoms with Gasteiger partial charge < -0.3 is 10.1 Å². The Hall–Kier alpha value is -1.81. The highest BCUT2D eigenvalue weighted by molar-refractivity contribution is 5.33. The molecule has 0 aliphatic rings. The summed E-state index contributed by atoms with van der Waals surface area (Å²) in [6.45, 7) is 7.28. The number of nitrogens with one attached hydrogen (secondary N) is 1. The van der Waals surface area contributed by atoms with Crippen LogP contribution in [0.25, 0.3) is 0 Å². The Labute approximate surface area is 127 Å². The van der Waals surface area contributed by atoms with Crippen molar-refractivity contribution in [3.05, 3.63) is 46.8 Å². The summed E-state index contributed by atoms with van der Waals surface area (Å²) in [6.07, 6.45) is 0.929. The van der Waals surface area contributed by atoms with Crippen molar-refractivity contribution in [2.75, 3.05) is 13.7 Å². The monoisotopic (exact) mass is 287 g/mol. The molecule has 0 fully saturated rings. The van der Waals surface area contributed by atoms with E-state index < -0.39 is 0 Å². The first-order chi connectivity index (χ1) is 10.1. The summed E-state index contributed by atoms with van der Waals surface area (Å²) in [7, 11) is 3.71. The Balaban J connectivity index is 2.30. The normalized spacial score (nSPS) is 12.4. The van der Waals surface area contributed by atoms with E-state index in [1.807, 2.05) is 23.9 Å². The van der Waals surface area contributed by atoms with Crippen LogP contribution in [-0.2, 0) is 13.5 Å². The van der Waals surface area contributed by atoms with Gasteiger partial charge in [0.15, 0.2) is 0 Å². The maximum atomic E-state index is 5.32. The van der Waals surface area contributed by atoms with Gasteiger partial charge in [-0.2, -0.15) is 5.10 Å². The summed E-state index contributed by atoms with van der Waals surface area (Å²) < 4.78 is 7.28. The van der Waals surface area contributed by atoms with E-state index in [-0.39, 0.29) is 6.04 Å². The van der Waals surface area contributed by atoms with Gasteiger partial charge in [-0.15, -0.1) is 0 Å². The van der Waals surface area contributed by atoms with Crippen molar-refractivity contribution in [2.45, 2.75) is 33.2 Å². The maximum absolute atomic E-state index is 5.32. The number of benzene rings is 1. The largest absolute Gasteiger partial charge is 0.497 e. The molecule has 1 aromatic carbocycles. The smallest absolute Gasteiger partial charge is 0.119 e. The molecule has 0 spiro atoms. The Morgan fingerprint density at radius 3 is 2.67 bits per heavy atom. The molecule has 1 atom stereocenters. The van der Waals surface area contributed by atoms with Gasteiger partial charge in [0, 0.05) is 24.3 Å². The van der Waals surface area contributed by atoms with Crippen LogP contribution in [0.15, 0.2) is 24.3 Å². The maximum Gasteiger partial charge on any atom is 0.119 e. The predicted molar refractivity (Wildman–Crippen MR) is 85.8 cm³/mol. The summed E-state index contributed by atoms with van der Waals surface area (Å²) >= 11 is 0. The Morgan fingerprint density at radius 2 is 2.10 bits per heavy atom. The molecule has 0 bridgehead atoms. The van der Waals surface area contributed by atoms with Gasteiger partial charge in [-0.05, 0) is 44.5 Å². The third kappa shape index (κ3) is 3.45. The molecule has 2 aromatic rings. The number of methoxy groups -OCH3 is 1. The van der Waals surface area contributed by atoms with Gasteiger partial charge in [0.2, 0.25) is 0 Å². The second kappa shape index (κ2) is 6.76.